The highest BCUT2D eigenvalue weighted by molar-refractivity contribution is 6.30. The van der Waals surface area contributed by atoms with Crippen molar-refractivity contribution < 1.29 is 4.74 Å². The van der Waals surface area contributed by atoms with Crippen LogP contribution >= 0.6 is 11.6 Å². The number of halogens is 1. The third-order valence-electron chi connectivity index (χ3n) is 4.95. The van der Waals surface area contributed by atoms with E-state index in [2.05, 4.69) is 24.4 Å². The fraction of sp³-hybridized carbons (Fsp3) is 0.647. The van der Waals surface area contributed by atoms with Gasteiger partial charge in [0.05, 0.1) is 0 Å². The molecule has 0 bridgehead atoms. The van der Waals surface area contributed by atoms with Gasteiger partial charge in [0.1, 0.15) is 0 Å². The Labute approximate surface area is 126 Å². The molecule has 1 saturated heterocycles. The maximum absolute atomic E-state index is 5.94. The smallest absolute Gasteiger partial charge is 0.0469 e. The van der Waals surface area contributed by atoms with Crippen molar-refractivity contribution in [1.29, 1.82) is 0 Å². The number of rotatable bonds is 4. The first-order chi connectivity index (χ1) is 9.72. The van der Waals surface area contributed by atoms with E-state index in [1.54, 1.807) is 0 Å². The first kappa shape index (κ1) is 14.4. The summed E-state index contributed by atoms with van der Waals surface area (Å²) in [5, 5.41) is 4.65. The molecule has 0 aromatic heterocycles. The van der Waals surface area contributed by atoms with Crippen molar-refractivity contribution in [3.63, 3.8) is 0 Å². The molecule has 1 heterocycles. The fourth-order valence-electron chi connectivity index (χ4n) is 3.48. The molecule has 1 atom stereocenters. The minimum Gasteiger partial charge on any atom is -0.381 e. The summed E-state index contributed by atoms with van der Waals surface area (Å²) in [5.41, 5.74) is 1.44. The maximum atomic E-state index is 5.94. The van der Waals surface area contributed by atoms with Crippen molar-refractivity contribution in [2.45, 2.75) is 50.6 Å². The normalized spacial score (nSPS) is 28.9. The summed E-state index contributed by atoms with van der Waals surface area (Å²) in [7, 11) is 0. The Morgan fingerprint density at radius 1 is 1.15 bits per heavy atom. The van der Waals surface area contributed by atoms with Gasteiger partial charge in [-0.3, -0.25) is 0 Å². The number of benzene rings is 1. The van der Waals surface area contributed by atoms with Crippen LogP contribution in [0.15, 0.2) is 24.3 Å². The van der Waals surface area contributed by atoms with Gasteiger partial charge in [-0.05, 0) is 62.1 Å². The number of hydrogen-bond acceptors (Lipinski definition) is 2. The summed E-state index contributed by atoms with van der Waals surface area (Å²) < 4.78 is 5.44. The summed E-state index contributed by atoms with van der Waals surface area (Å²) in [6.45, 7) is 4.22. The highest BCUT2D eigenvalue weighted by atomic mass is 35.5. The molecule has 1 N–H and O–H groups in total. The molecule has 0 spiro atoms. The highest BCUT2D eigenvalue weighted by Crippen LogP contribution is 2.38. The molecule has 1 saturated carbocycles. The lowest BCUT2D eigenvalue weighted by molar-refractivity contribution is 0.0519. The van der Waals surface area contributed by atoms with Crippen LogP contribution in [0, 0.1) is 5.92 Å². The lowest BCUT2D eigenvalue weighted by Gasteiger charge is -2.40. The van der Waals surface area contributed by atoms with Gasteiger partial charge in [0, 0.05) is 30.3 Å². The Balaban J connectivity index is 1.44. The van der Waals surface area contributed by atoms with E-state index in [9.17, 15) is 0 Å². The molecule has 0 radical (unpaired) electrons. The predicted octanol–water partition coefficient (Wildman–Crippen LogP) is 3.99. The Morgan fingerprint density at radius 3 is 2.45 bits per heavy atom. The van der Waals surface area contributed by atoms with Crippen molar-refractivity contribution >= 4 is 11.6 Å². The zero-order valence-electron chi connectivity index (χ0n) is 12.1. The minimum absolute atomic E-state index is 0.620. The van der Waals surface area contributed by atoms with Gasteiger partial charge >= 0.3 is 0 Å². The molecular weight excluding hydrogens is 270 g/mol. The van der Waals surface area contributed by atoms with Crippen LogP contribution in [-0.2, 0) is 4.74 Å². The molecule has 3 rings (SSSR count). The summed E-state index contributed by atoms with van der Waals surface area (Å²) in [6, 6.07) is 9.66. The van der Waals surface area contributed by atoms with Gasteiger partial charge in [0.15, 0.2) is 0 Å². The van der Waals surface area contributed by atoms with Crippen molar-refractivity contribution in [1.82, 2.24) is 5.32 Å². The summed E-state index contributed by atoms with van der Waals surface area (Å²) in [6.07, 6.45) is 4.94. The van der Waals surface area contributed by atoms with Crippen molar-refractivity contribution in [3.8, 4) is 0 Å². The van der Waals surface area contributed by atoms with Crippen LogP contribution in [0.2, 0.25) is 5.02 Å². The van der Waals surface area contributed by atoms with E-state index in [1.807, 2.05) is 12.1 Å². The molecule has 0 amide bonds. The molecular formula is C17H24ClNO. The van der Waals surface area contributed by atoms with Crippen LogP contribution in [-0.4, -0.2) is 25.3 Å². The average Bonchev–Trinajstić information content (AvgIpc) is 2.44. The van der Waals surface area contributed by atoms with Crippen LogP contribution < -0.4 is 5.32 Å². The Hall–Kier alpha value is -0.570. The van der Waals surface area contributed by atoms with Crippen LogP contribution in [0.5, 0.6) is 0 Å². The lowest BCUT2D eigenvalue weighted by Crippen LogP contribution is -2.48. The topological polar surface area (TPSA) is 21.3 Å². The minimum atomic E-state index is 0.620. The number of hydrogen-bond donors (Lipinski definition) is 1. The molecule has 1 aromatic rings. The predicted molar refractivity (Wildman–Crippen MR) is 83.4 cm³/mol. The monoisotopic (exact) mass is 293 g/mol. The molecule has 110 valence electrons. The molecule has 1 aromatic carbocycles. The van der Waals surface area contributed by atoms with E-state index in [0.29, 0.717) is 18.0 Å². The van der Waals surface area contributed by atoms with Gasteiger partial charge in [0.25, 0.3) is 0 Å². The van der Waals surface area contributed by atoms with Crippen LogP contribution in [0.3, 0.4) is 0 Å². The van der Waals surface area contributed by atoms with E-state index < -0.39 is 0 Å². The second kappa shape index (κ2) is 6.46. The third-order valence-corrected chi connectivity index (χ3v) is 5.20. The van der Waals surface area contributed by atoms with E-state index in [-0.39, 0.29) is 0 Å². The van der Waals surface area contributed by atoms with E-state index in [1.165, 1.54) is 31.2 Å². The quantitative estimate of drug-likeness (QED) is 0.906. The zero-order valence-corrected chi connectivity index (χ0v) is 12.9. The number of ether oxygens (including phenoxy) is 1. The van der Waals surface area contributed by atoms with Gasteiger partial charge in [-0.15, -0.1) is 0 Å². The van der Waals surface area contributed by atoms with Crippen molar-refractivity contribution in [2.75, 3.05) is 13.2 Å². The van der Waals surface area contributed by atoms with E-state index in [0.717, 1.165) is 24.2 Å². The third kappa shape index (κ3) is 3.36. The van der Waals surface area contributed by atoms with Gasteiger partial charge in [-0.25, -0.2) is 0 Å². The van der Waals surface area contributed by atoms with Crippen LogP contribution in [0.1, 0.15) is 44.1 Å². The first-order valence-corrected chi connectivity index (χ1v) is 8.19. The molecule has 1 aliphatic carbocycles. The molecule has 3 heteroatoms. The SMILES string of the molecule is CC(NC1CC(c2ccc(Cl)cc2)C1)C1CCOCC1. The molecule has 2 fully saturated rings. The molecule has 20 heavy (non-hydrogen) atoms. The van der Waals surface area contributed by atoms with Crippen molar-refractivity contribution in [2.24, 2.45) is 5.92 Å². The van der Waals surface area contributed by atoms with E-state index in [4.69, 9.17) is 16.3 Å². The second-order valence-corrected chi connectivity index (χ2v) is 6.76. The zero-order chi connectivity index (χ0) is 13.9. The molecule has 2 aliphatic rings. The van der Waals surface area contributed by atoms with Crippen LogP contribution in [0.25, 0.3) is 0 Å². The Morgan fingerprint density at radius 2 is 1.80 bits per heavy atom. The molecule has 1 aliphatic heterocycles. The Bertz CT molecular complexity index is 421. The average molecular weight is 294 g/mol. The molecule has 2 nitrogen and oxygen atoms in total. The van der Waals surface area contributed by atoms with Gasteiger partial charge in [0.2, 0.25) is 0 Å². The van der Waals surface area contributed by atoms with Crippen LogP contribution in [0.4, 0.5) is 0 Å². The van der Waals surface area contributed by atoms with Gasteiger partial charge < -0.3 is 10.1 Å². The van der Waals surface area contributed by atoms with E-state index >= 15 is 0 Å². The largest absolute Gasteiger partial charge is 0.381 e. The van der Waals surface area contributed by atoms with Crippen molar-refractivity contribution in [3.05, 3.63) is 34.9 Å². The number of nitrogens with one attached hydrogen (secondary N) is 1. The van der Waals surface area contributed by atoms with Gasteiger partial charge in [-0.2, -0.15) is 0 Å². The van der Waals surface area contributed by atoms with Gasteiger partial charge in [-0.1, -0.05) is 23.7 Å². The standard InChI is InChI=1S/C17H24ClNO/c1-12(13-6-8-20-9-7-13)19-17-10-15(11-17)14-2-4-16(18)5-3-14/h2-5,12-13,15,17,19H,6-11H2,1H3. The fourth-order valence-corrected chi connectivity index (χ4v) is 3.61. The molecule has 1 unspecified atom stereocenters. The highest BCUT2D eigenvalue weighted by Gasteiger charge is 2.32. The lowest BCUT2D eigenvalue weighted by atomic mass is 9.75. The summed E-state index contributed by atoms with van der Waals surface area (Å²) in [5.74, 6) is 1.50. The Kier molecular flexibility index (Phi) is 4.65. The summed E-state index contributed by atoms with van der Waals surface area (Å²) >= 11 is 5.94. The first-order valence-electron chi connectivity index (χ1n) is 7.81. The second-order valence-electron chi connectivity index (χ2n) is 6.32. The maximum Gasteiger partial charge on any atom is 0.0469 e. The summed E-state index contributed by atoms with van der Waals surface area (Å²) in [4.78, 5) is 0.